The zero-order valence-corrected chi connectivity index (χ0v) is 15.8. The van der Waals surface area contributed by atoms with Crippen LogP contribution in [0.4, 0.5) is 0 Å². The maximum absolute atomic E-state index is 5.04. The molecule has 120 valence electrons. The van der Waals surface area contributed by atoms with Gasteiger partial charge in [0.15, 0.2) is 5.96 Å². The van der Waals surface area contributed by atoms with Gasteiger partial charge >= 0.3 is 0 Å². The Kier molecular flexibility index (Phi) is 11.6. The Morgan fingerprint density at radius 3 is 2.40 bits per heavy atom. The monoisotopic (exact) mass is 397 g/mol. The van der Waals surface area contributed by atoms with E-state index in [0.717, 1.165) is 24.3 Å². The molecule has 0 unspecified atom stereocenters. The van der Waals surface area contributed by atoms with Crippen LogP contribution in [0.2, 0.25) is 0 Å². The highest BCUT2D eigenvalue weighted by Gasteiger charge is 2.23. The average molecular weight is 397 g/mol. The Morgan fingerprint density at radius 1 is 1.25 bits per heavy atom. The molecule has 0 aromatic carbocycles. The summed E-state index contributed by atoms with van der Waals surface area (Å²) in [5, 5.41) is 6.86. The van der Waals surface area contributed by atoms with Crippen LogP contribution in [-0.2, 0) is 4.74 Å². The Hall–Kier alpha value is -0.0400. The minimum Gasteiger partial charge on any atom is -0.383 e. The maximum Gasteiger partial charge on any atom is 0.191 e. The third-order valence-corrected chi connectivity index (χ3v) is 3.97. The zero-order chi connectivity index (χ0) is 14.1. The third kappa shape index (κ3) is 7.67. The molecule has 2 N–H and O–H groups in total. The number of hydrogen-bond donors (Lipinski definition) is 2. The molecule has 0 aromatic heterocycles. The van der Waals surface area contributed by atoms with Crippen molar-refractivity contribution in [2.24, 2.45) is 16.8 Å². The summed E-state index contributed by atoms with van der Waals surface area (Å²) in [4.78, 5) is 4.52. The molecule has 1 aliphatic rings. The predicted octanol–water partition coefficient (Wildman–Crippen LogP) is 3.02. The van der Waals surface area contributed by atoms with Crippen molar-refractivity contribution in [3.8, 4) is 0 Å². The number of nitrogens with zero attached hydrogens (tertiary/aromatic N) is 1. The molecule has 0 bridgehead atoms. The van der Waals surface area contributed by atoms with Gasteiger partial charge in [-0.3, -0.25) is 4.99 Å². The number of methoxy groups -OCH3 is 1. The van der Waals surface area contributed by atoms with Crippen molar-refractivity contribution in [3.63, 3.8) is 0 Å². The fourth-order valence-electron chi connectivity index (χ4n) is 2.69. The smallest absolute Gasteiger partial charge is 0.191 e. The standard InChI is InChI=1S/C15H31N3O.HI/c1-5-16-15(17-10-11-19-4)18-14-8-6-13(7-9-14)12(2)3;/h12-14H,5-11H2,1-4H3,(H2,16,17,18);1H. The van der Waals surface area contributed by atoms with Crippen LogP contribution in [0.3, 0.4) is 0 Å². The van der Waals surface area contributed by atoms with E-state index >= 15 is 0 Å². The molecule has 1 fully saturated rings. The van der Waals surface area contributed by atoms with Crippen LogP contribution in [-0.4, -0.2) is 38.8 Å². The summed E-state index contributed by atoms with van der Waals surface area (Å²) in [6.07, 6.45) is 5.20. The van der Waals surface area contributed by atoms with Crippen molar-refractivity contribution in [2.75, 3.05) is 26.8 Å². The van der Waals surface area contributed by atoms with Crippen molar-refractivity contribution in [1.82, 2.24) is 10.6 Å². The molecule has 0 aromatic rings. The highest BCUT2D eigenvalue weighted by Crippen LogP contribution is 2.29. The van der Waals surface area contributed by atoms with E-state index in [1.165, 1.54) is 25.7 Å². The van der Waals surface area contributed by atoms with Gasteiger partial charge in [0.2, 0.25) is 0 Å². The SMILES string of the molecule is CCNC(=NCCOC)NC1CCC(C(C)C)CC1.I. The largest absolute Gasteiger partial charge is 0.383 e. The number of guanidine groups is 1. The lowest BCUT2D eigenvalue weighted by atomic mass is 9.80. The van der Waals surface area contributed by atoms with Crippen molar-refractivity contribution >= 4 is 29.9 Å². The molecule has 1 aliphatic carbocycles. The van der Waals surface area contributed by atoms with Gasteiger partial charge in [0, 0.05) is 19.7 Å². The van der Waals surface area contributed by atoms with E-state index in [-0.39, 0.29) is 24.0 Å². The zero-order valence-electron chi connectivity index (χ0n) is 13.4. The van der Waals surface area contributed by atoms with Gasteiger partial charge in [0.05, 0.1) is 13.2 Å². The van der Waals surface area contributed by atoms with E-state index in [1.807, 2.05) is 0 Å². The lowest BCUT2D eigenvalue weighted by Crippen LogP contribution is -2.45. The van der Waals surface area contributed by atoms with Crippen molar-refractivity contribution < 1.29 is 4.74 Å². The van der Waals surface area contributed by atoms with E-state index in [0.29, 0.717) is 19.2 Å². The number of aliphatic imine (C=N–C) groups is 1. The number of hydrogen-bond acceptors (Lipinski definition) is 2. The molecule has 20 heavy (non-hydrogen) atoms. The van der Waals surface area contributed by atoms with E-state index < -0.39 is 0 Å². The third-order valence-electron chi connectivity index (χ3n) is 3.97. The van der Waals surface area contributed by atoms with Gasteiger partial charge in [-0.05, 0) is 44.4 Å². The maximum atomic E-state index is 5.04. The second-order valence-electron chi connectivity index (χ2n) is 5.75. The van der Waals surface area contributed by atoms with E-state index in [4.69, 9.17) is 4.74 Å². The summed E-state index contributed by atoms with van der Waals surface area (Å²) >= 11 is 0. The van der Waals surface area contributed by atoms with Crippen molar-refractivity contribution in [2.45, 2.75) is 52.5 Å². The first kappa shape index (κ1) is 20.0. The van der Waals surface area contributed by atoms with Crippen LogP contribution in [0, 0.1) is 11.8 Å². The Bertz CT molecular complexity index is 264. The first-order valence-electron chi connectivity index (χ1n) is 7.71. The van der Waals surface area contributed by atoms with Crippen LogP contribution in [0.1, 0.15) is 46.5 Å². The Balaban J connectivity index is 0.00000361. The summed E-state index contributed by atoms with van der Waals surface area (Å²) in [7, 11) is 1.71. The van der Waals surface area contributed by atoms with Gasteiger partial charge < -0.3 is 15.4 Å². The fraction of sp³-hybridized carbons (Fsp3) is 0.933. The molecule has 5 heteroatoms. The van der Waals surface area contributed by atoms with Crippen molar-refractivity contribution in [3.05, 3.63) is 0 Å². The number of ether oxygens (including phenoxy) is 1. The molecule has 0 aliphatic heterocycles. The highest BCUT2D eigenvalue weighted by molar-refractivity contribution is 14.0. The lowest BCUT2D eigenvalue weighted by Gasteiger charge is -2.32. The number of halogens is 1. The van der Waals surface area contributed by atoms with E-state index in [2.05, 4.69) is 36.4 Å². The summed E-state index contributed by atoms with van der Waals surface area (Å²) < 4.78 is 5.04. The summed E-state index contributed by atoms with van der Waals surface area (Å²) in [6.45, 7) is 9.08. The minimum absolute atomic E-state index is 0. The van der Waals surface area contributed by atoms with E-state index in [1.54, 1.807) is 7.11 Å². The second kappa shape index (κ2) is 11.6. The highest BCUT2D eigenvalue weighted by atomic mass is 127. The summed E-state index contributed by atoms with van der Waals surface area (Å²) in [6, 6.07) is 0.579. The predicted molar refractivity (Wildman–Crippen MR) is 97.0 cm³/mol. The van der Waals surface area contributed by atoms with Gasteiger partial charge in [-0.2, -0.15) is 0 Å². The molecule has 0 spiro atoms. The number of nitrogens with one attached hydrogen (secondary N) is 2. The Labute approximate surface area is 141 Å². The van der Waals surface area contributed by atoms with Crippen LogP contribution in [0.15, 0.2) is 4.99 Å². The second-order valence-corrected chi connectivity index (χ2v) is 5.75. The van der Waals surface area contributed by atoms with Gasteiger partial charge in [0.25, 0.3) is 0 Å². The van der Waals surface area contributed by atoms with Crippen LogP contribution in [0.5, 0.6) is 0 Å². The molecular formula is C15H32IN3O. The van der Waals surface area contributed by atoms with Crippen LogP contribution >= 0.6 is 24.0 Å². The average Bonchev–Trinajstić information content (AvgIpc) is 2.40. The normalized spacial score (nSPS) is 23.4. The van der Waals surface area contributed by atoms with Crippen molar-refractivity contribution in [1.29, 1.82) is 0 Å². The molecular weight excluding hydrogens is 365 g/mol. The number of rotatable bonds is 6. The minimum atomic E-state index is 0. The lowest BCUT2D eigenvalue weighted by molar-refractivity contribution is 0.207. The Morgan fingerprint density at radius 2 is 1.90 bits per heavy atom. The van der Waals surface area contributed by atoms with Gasteiger partial charge in [-0.15, -0.1) is 24.0 Å². The molecule has 1 rings (SSSR count). The van der Waals surface area contributed by atoms with Gasteiger partial charge in [0.1, 0.15) is 0 Å². The summed E-state index contributed by atoms with van der Waals surface area (Å²) in [5.74, 6) is 2.67. The van der Waals surface area contributed by atoms with E-state index in [9.17, 15) is 0 Å². The molecule has 0 heterocycles. The fourth-order valence-corrected chi connectivity index (χ4v) is 2.69. The van der Waals surface area contributed by atoms with Gasteiger partial charge in [-0.1, -0.05) is 13.8 Å². The summed E-state index contributed by atoms with van der Waals surface area (Å²) in [5.41, 5.74) is 0. The molecule has 0 saturated heterocycles. The molecule has 4 nitrogen and oxygen atoms in total. The van der Waals surface area contributed by atoms with Crippen LogP contribution < -0.4 is 10.6 Å². The first-order valence-corrected chi connectivity index (χ1v) is 7.71. The molecule has 1 saturated carbocycles. The first-order chi connectivity index (χ1) is 9.17. The quantitative estimate of drug-likeness (QED) is 0.314. The van der Waals surface area contributed by atoms with Gasteiger partial charge in [-0.25, -0.2) is 0 Å². The van der Waals surface area contributed by atoms with Crippen LogP contribution in [0.25, 0.3) is 0 Å². The molecule has 0 amide bonds. The topological polar surface area (TPSA) is 45.7 Å². The molecule has 0 radical (unpaired) electrons. The molecule has 0 atom stereocenters.